The molecule has 0 amide bonds. The van der Waals surface area contributed by atoms with Crippen molar-refractivity contribution < 1.29 is 4.74 Å². The lowest BCUT2D eigenvalue weighted by Crippen LogP contribution is -2.09. The Labute approximate surface area is 134 Å². The van der Waals surface area contributed by atoms with Crippen molar-refractivity contribution in [1.82, 2.24) is 14.8 Å². The largest absolute Gasteiger partial charge is 0.497 e. The molecule has 0 fully saturated rings. The molecule has 1 aliphatic heterocycles. The highest BCUT2D eigenvalue weighted by Crippen LogP contribution is 2.35. The van der Waals surface area contributed by atoms with Gasteiger partial charge in [-0.1, -0.05) is 37.3 Å². The van der Waals surface area contributed by atoms with E-state index in [2.05, 4.69) is 39.1 Å². The summed E-state index contributed by atoms with van der Waals surface area (Å²) in [6, 6.07) is 16.2. The molecule has 0 aliphatic carbocycles. The Morgan fingerprint density at radius 2 is 1.96 bits per heavy atom. The fourth-order valence-corrected chi connectivity index (χ4v) is 2.95. The molecule has 5 nitrogen and oxygen atoms in total. The van der Waals surface area contributed by atoms with Gasteiger partial charge in [0, 0.05) is 24.1 Å². The van der Waals surface area contributed by atoms with Crippen molar-refractivity contribution in [2.24, 2.45) is 0 Å². The van der Waals surface area contributed by atoms with E-state index in [0.29, 0.717) is 0 Å². The molecule has 0 bridgehead atoms. The van der Waals surface area contributed by atoms with Crippen molar-refractivity contribution in [2.75, 3.05) is 19.0 Å². The quantitative estimate of drug-likeness (QED) is 0.787. The van der Waals surface area contributed by atoms with Gasteiger partial charge in [-0.05, 0) is 12.1 Å². The predicted octanol–water partition coefficient (Wildman–Crippen LogP) is 3.47. The van der Waals surface area contributed by atoms with Crippen molar-refractivity contribution in [2.45, 2.75) is 12.8 Å². The van der Waals surface area contributed by atoms with Gasteiger partial charge in [0.2, 0.25) is 0 Å². The molecule has 1 aliphatic rings. The first-order valence-corrected chi connectivity index (χ1v) is 7.71. The Morgan fingerprint density at radius 3 is 2.74 bits per heavy atom. The van der Waals surface area contributed by atoms with E-state index in [0.717, 1.165) is 40.9 Å². The van der Waals surface area contributed by atoms with Gasteiger partial charge in [-0.15, -0.1) is 10.2 Å². The van der Waals surface area contributed by atoms with Crippen molar-refractivity contribution in [3.05, 3.63) is 54.4 Å². The minimum Gasteiger partial charge on any atom is -0.497 e. The van der Waals surface area contributed by atoms with Gasteiger partial charge in [-0.2, -0.15) is 0 Å². The average Bonchev–Trinajstić information content (AvgIpc) is 3.00. The molecule has 1 aromatic heterocycles. The maximum Gasteiger partial charge on any atom is 0.168 e. The van der Waals surface area contributed by atoms with Crippen LogP contribution < -0.4 is 10.1 Å². The number of fused-ring (bicyclic) bond motifs is 3. The van der Waals surface area contributed by atoms with Crippen LogP contribution in [0.25, 0.3) is 17.1 Å². The van der Waals surface area contributed by atoms with E-state index in [-0.39, 0.29) is 5.92 Å². The zero-order valence-electron chi connectivity index (χ0n) is 13.2. The molecule has 1 atom stereocenters. The molecule has 1 unspecified atom stereocenters. The van der Waals surface area contributed by atoms with Crippen LogP contribution in [0, 0.1) is 0 Å². The second-order valence-corrected chi connectivity index (χ2v) is 5.75. The second-order valence-electron chi connectivity index (χ2n) is 5.75. The second kappa shape index (κ2) is 5.43. The predicted molar refractivity (Wildman–Crippen MR) is 90.3 cm³/mol. The van der Waals surface area contributed by atoms with E-state index in [9.17, 15) is 0 Å². The molecule has 4 rings (SSSR count). The highest BCUT2D eigenvalue weighted by atomic mass is 16.5. The zero-order valence-corrected chi connectivity index (χ0v) is 13.2. The van der Waals surface area contributed by atoms with Gasteiger partial charge >= 0.3 is 0 Å². The van der Waals surface area contributed by atoms with Crippen LogP contribution in [0.2, 0.25) is 0 Å². The Morgan fingerprint density at radius 1 is 1.13 bits per heavy atom. The van der Waals surface area contributed by atoms with E-state index in [1.54, 1.807) is 7.11 Å². The fraction of sp³-hybridized carbons (Fsp3) is 0.222. The van der Waals surface area contributed by atoms with Crippen LogP contribution in [-0.4, -0.2) is 28.4 Å². The van der Waals surface area contributed by atoms with Crippen LogP contribution in [0.5, 0.6) is 5.75 Å². The summed E-state index contributed by atoms with van der Waals surface area (Å²) in [6.07, 6.45) is 0. The van der Waals surface area contributed by atoms with Crippen molar-refractivity contribution in [3.63, 3.8) is 0 Å². The van der Waals surface area contributed by atoms with Crippen molar-refractivity contribution in [1.29, 1.82) is 0 Å². The third-order valence-electron chi connectivity index (χ3n) is 4.21. The topological polar surface area (TPSA) is 52.0 Å². The monoisotopic (exact) mass is 306 g/mol. The number of methoxy groups -OCH3 is 1. The lowest BCUT2D eigenvalue weighted by molar-refractivity contribution is 0.414. The molecule has 2 heterocycles. The van der Waals surface area contributed by atoms with Gasteiger partial charge in [0.1, 0.15) is 11.6 Å². The molecule has 2 aromatic carbocycles. The average molecular weight is 306 g/mol. The molecule has 0 saturated carbocycles. The van der Waals surface area contributed by atoms with Crippen LogP contribution in [0.15, 0.2) is 48.5 Å². The first kappa shape index (κ1) is 13.8. The summed E-state index contributed by atoms with van der Waals surface area (Å²) in [6.45, 7) is 2.98. The number of benzene rings is 2. The summed E-state index contributed by atoms with van der Waals surface area (Å²) in [4.78, 5) is 0. The molecular weight excluding hydrogens is 288 g/mol. The SMILES string of the molecule is COc1ccc2c(c1)-n1c(-c3ccccc3)nnc1C(C)CN2. The van der Waals surface area contributed by atoms with Crippen molar-refractivity contribution >= 4 is 5.69 Å². The van der Waals surface area contributed by atoms with Gasteiger partial charge in [-0.25, -0.2) is 0 Å². The number of hydrogen-bond donors (Lipinski definition) is 1. The third-order valence-corrected chi connectivity index (χ3v) is 4.21. The van der Waals surface area contributed by atoms with Crippen LogP contribution in [-0.2, 0) is 0 Å². The molecule has 0 saturated heterocycles. The van der Waals surface area contributed by atoms with E-state index in [1.165, 1.54) is 0 Å². The molecule has 1 N–H and O–H groups in total. The number of ether oxygens (including phenoxy) is 1. The van der Waals surface area contributed by atoms with Crippen LogP contribution in [0.1, 0.15) is 18.7 Å². The zero-order chi connectivity index (χ0) is 15.8. The van der Waals surface area contributed by atoms with Gasteiger partial charge in [0.15, 0.2) is 5.82 Å². The van der Waals surface area contributed by atoms with E-state index in [1.807, 2.05) is 36.4 Å². The molecule has 23 heavy (non-hydrogen) atoms. The highest BCUT2D eigenvalue weighted by Gasteiger charge is 2.25. The Hall–Kier alpha value is -2.82. The summed E-state index contributed by atoms with van der Waals surface area (Å²) in [5.41, 5.74) is 3.13. The smallest absolute Gasteiger partial charge is 0.168 e. The standard InChI is InChI=1S/C18H18N4O/c1-12-11-19-15-9-8-14(23-2)10-16(15)22-17(12)20-21-18(22)13-6-4-3-5-7-13/h3-10,12,19H,11H2,1-2H3. The van der Waals surface area contributed by atoms with Gasteiger partial charge in [-0.3, -0.25) is 4.57 Å². The molecule has 0 spiro atoms. The number of nitrogens with zero attached hydrogens (tertiary/aromatic N) is 3. The Kier molecular flexibility index (Phi) is 3.26. The Bertz CT molecular complexity index is 841. The summed E-state index contributed by atoms with van der Waals surface area (Å²) in [5.74, 6) is 2.89. The van der Waals surface area contributed by atoms with Gasteiger partial charge in [0.05, 0.1) is 18.5 Å². The summed E-state index contributed by atoms with van der Waals surface area (Å²) < 4.78 is 7.54. The van der Waals surface area contributed by atoms with Crippen LogP contribution in [0.4, 0.5) is 5.69 Å². The van der Waals surface area contributed by atoms with Gasteiger partial charge in [0.25, 0.3) is 0 Å². The molecule has 5 heteroatoms. The lowest BCUT2D eigenvalue weighted by atomic mass is 10.1. The van der Waals surface area contributed by atoms with Crippen LogP contribution in [0.3, 0.4) is 0 Å². The molecule has 3 aromatic rings. The third kappa shape index (κ3) is 2.25. The molecular formula is C18H18N4O. The van der Waals surface area contributed by atoms with E-state index >= 15 is 0 Å². The normalized spacial score (nSPS) is 16.0. The first-order chi connectivity index (χ1) is 11.3. The summed E-state index contributed by atoms with van der Waals surface area (Å²) in [5, 5.41) is 12.4. The number of hydrogen-bond acceptors (Lipinski definition) is 4. The minimum atomic E-state index is 0.262. The van der Waals surface area contributed by atoms with Crippen LogP contribution >= 0.6 is 0 Å². The molecule has 116 valence electrons. The van der Waals surface area contributed by atoms with Gasteiger partial charge < -0.3 is 10.1 Å². The Balaban J connectivity index is 1.99. The van der Waals surface area contributed by atoms with E-state index < -0.39 is 0 Å². The number of nitrogens with one attached hydrogen (secondary N) is 1. The highest BCUT2D eigenvalue weighted by molar-refractivity contribution is 5.69. The molecule has 0 radical (unpaired) electrons. The van der Waals surface area contributed by atoms with Crippen molar-refractivity contribution in [3.8, 4) is 22.8 Å². The maximum atomic E-state index is 5.40. The summed E-state index contributed by atoms with van der Waals surface area (Å²) >= 11 is 0. The first-order valence-electron chi connectivity index (χ1n) is 7.71. The fourth-order valence-electron chi connectivity index (χ4n) is 2.95. The number of aromatic nitrogens is 3. The lowest BCUT2D eigenvalue weighted by Gasteiger charge is -2.13. The number of anilines is 1. The minimum absolute atomic E-state index is 0.262. The number of rotatable bonds is 2. The van der Waals surface area contributed by atoms with E-state index in [4.69, 9.17) is 4.74 Å². The summed E-state index contributed by atoms with van der Waals surface area (Å²) in [7, 11) is 1.68. The maximum absolute atomic E-state index is 5.40.